The lowest BCUT2D eigenvalue weighted by Gasteiger charge is -2.22. The molecule has 0 aromatic heterocycles. The number of rotatable bonds is 2. The summed E-state index contributed by atoms with van der Waals surface area (Å²) >= 11 is 0. The molecule has 0 saturated heterocycles. The summed E-state index contributed by atoms with van der Waals surface area (Å²) < 4.78 is 0. The molecule has 0 aliphatic carbocycles. The van der Waals surface area contributed by atoms with E-state index in [2.05, 4.69) is 20.8 Å². The molecule has 0 heterocycles. The zero-order valence-corrected chi connectivity index (χ0v) is 11.0. The third kappa shape index (κ3) is 2.78. The molecular formula is C14H20O3. The first kappa shape index (κ1) is 13.6. The average Bonchev–Trinajstić information content (AvgIpc) is 2.19. The van der Waals surface area contributed by atoms with Gasteiger partial charge >= 0.3 is 5.97 Å². The first-order chi connectivity index (χ1) is 7.64. The highest BCUT2D eigenvalue weighted by molar-refractivity contribution is 5.77. The van der Waals surface area contributed by atoms with Gasteiger partial charge in [0.25, 0.3) is 0 Å². The Kier molecular flexibility index (Phi) is 3.51. The van der Waals surface area contributed by atoms with E-state index in [0.29, 0.717) is 5.56 Å². The van der Waals surface area contributed by atoms with Crippen LogP contribution in [0.3, 0.4) is 0 Å². The monoisotopic (exact) mass is 236 g/mol. The van der Waals surface area contributed by atoms with Crippen molar-refractivity contribution in [2.45, 2.75) is 46.0 Å². The number of aryl methyl sites for hydroxylation is 1. The average molecular weight is 236 g/mol. The fraction of sp³-hybridized carbons (Fsp3) is 0.500. The minimum atomic E-state index is -0.925. The zero-order chi connectivity index (χ0) is 13.4. The van der Waals surface area contributed by atoms with Gasteiger partial charge in [-0.1, -0.05) is 32.9 Å². The van der Waals surface area contributed by atoms with Crippen molar-refractivity contribution in [1.82, 2.24) is 0 Å². The van der Waals surface area contributed by atoms with E-state index in [1.165, 1.54) is 0 Å². The van der Waals surface area contributed by atoms with Crippen LogP contribution in [-0.4, -0.2) is 16.2 Å². The SMILES string of the molecule is Cc1cc(C(C)(C)C)cc(C(C)C(=O)O)c1O. The van der Waals surface area contributed by atoms with E-state index in [4.69, 9.17) is 5.11 Å². The highest BCUT2D eigenvalue weighted by Crippen LogP contribution is 2.34. The number of aromatic hydroxyl groups is 1. The van der Waals surface area contributed by atoms with Crippen molar-refractivity contribution in [2.24, 2.45) is 0 Å². The Hall–Kier alpha value is -1.51. The number of carboxylic acid groups (broad SMARTS) is 1. The van der Waals surface area contributed by atoms with E-state index in [1.54, 1.807) is 19.9 Å². The van der Waals surface area contributed by atoms with Gasteiger partial charge in [0, 0.05) is 5.56 Å². The van der Waals surface area contributed by atoms with Crippen LogP contribution in [0.25, 0.3) is 0 Å². The van der Waals surface area contributed by atoms with E-state index < -0.39 is 11.9 Å². The van der Waals surface area contributed by atoms with Crippen molar-refractivity contribution in [3.05, 3.63) is 28.8 Å². The van der Waals surface area contributed by atoms with Gasteiger partial charge in [0.1, 0.15) is 5.75 Å². The van der Waals surface area contributed by atoms with Crippen LogP contribution in [0.5, 0.6) is 5.75 Å². The summed E-state index contributed by atoms with van der Waals surface area (Å²) in [5, 5.41) is 19.0. The number of carboxylic acids is 1. The molecule has 1 atom stereocenters. The van der Waals surface area contributed by atoms with E-state index >= 15 is 0 Å². The van der Waals surface area contributed by atoms with Gasteiger partial charge in [-0.3, -0.25) is 4.79 Å². The molecule has 1 aromatic carbocycles. The molecule has 0 saturated carbocycles. The molecule has 0 radical (unpaired) electrons. The largest absolute Gasteiger partial charge is 0.507 e. The van der Waals surface area contributed by atoms with Crippen LogP contribution < -0.4 is 0 Å². The van der Waals surface area contributed by atoms with Crippen LogP contribution >= 0.6 is 0 Å². The fourth-order valence-electron chi connectivity index (χ4n) is 1.70. The predicted molar refractivity (Wildman–Crippen MR) is 67.6 cm³/mol. The molecule has 94 valence electrons. The second-order valence-electron chi connectivity index (χ2n) is 5.54. The van der Waals surface area contributed by atoms with Crippen LogP contribution in [0.4, 0.5) is 0 Å². The lowest BCUT2D eigenvalue weighted by molar-refractivity contribution is -0.138. The van der Waals surface area contributed by atoms with Crippen LogP contribution in [0.1, 0.15) is 50.3 Å². The summed E-state index contributed by atoms with van der Waals surface area (Å²) in [7, 11) is 0. The maximum atomic E-state index is 11.0. The summed E-state index contributed by atoms with van der Waals surface area (Å²) in [6, 6.07) is 3.70. The Morgan fingerprint density at radius 2 is 1.82 bits per heavy atom. The van der Waals surface area contributed by atoms with Gasteiger partial charge in [-0.15, -0.1) is 0 Å². The maximum absolute atomic E-state index is 11.0. The zero-order valence-electron chi connectivity index (χ0n) is 11.0. The van der Waals surface area contributed by atoms with E-state index in [-0.39, 0.29) is 11.2 Å². The quantitative estimate of drug-likeness (QED) is 0.829. The van der Waals surface area contributed by atoms with Crippen molar-refractivity contribution in [1.29, 1.82) is 0 Å². The Morgan fingerprint density at radius 3 is 2.24 bits per heavy atom. The van der Waals surface area contributed by atoms with Crippen LogP contribution in [0.15, 0.2) is 12.1 Å². The molecule has 0 bridgehead atoms. The van der Waals surface area contributed by atoms with Gasteiger partial charge in [-0.25, -0.2) is 0 Å². The second kappa shape index (κ2) is 4.40. The van der Waals surface area contributed by atoms with Gasteiger partial charge in [0.2, 0.25) is 0 Å². The lowest BCUT2D eigenvalue weighted by atomic mass is 9.83. The topological polar surface area (TPSA) is 57.5 Å². The summed E-state index contributed by atoms with van der Waals surface area (Å²) in [5.41, 5.74) is 2.18. The molecule has 0 fully saturated rings. The summed E-state index contributed by atoms with van der Waals surface area (Å²) in [5.74, 6) is -1.53. The summed E-state index contributed by atoms with van der Waals surface area (Å²) in [6.45, 7) is 9.57. The maximum Gasteiger partial charge on any atom is 0.310 e. The number of carbonyl (C=O) groups is 1. The number of phenolic OH excluding ortho intramolecular Hbond substituents is 1. The molecule has 0 spiro atoms. The third-order valence-electron chi connectivity index (χ3n) is 3.03. The molecule has 2 N–H and O–H groups in total. The van der Waals surface area contributed by atoms with Crippen molar-refractivity contribution >= 4 is 5.97 Å². The molecule has 1 aromatic rings. The molecule has 17 heavy (non-hydrogen) atoms. The Balaban J connectivity index is 3.40. The van der Waals surface area contributed by atoms with Crippen molar-refractivity contribution in [3.8, 4) is 5.75 Å². The molecule has 3 nitrogen and oxygen atoms in total. The van der Waals surface area contributed by atoms with Crippen LogP contribution in [0.2, 0.25) is 0 Å². The van der Waals surface area contributed by atoms with Gasteiger partial charge in [0.05, 0.1) is 5.92 Å². The van der Waals surface area contributed by atoms with Crippen molar-refractivity contribution < 1.29 is 15.0 Å². The normalized spacial score (nSPS) is 13.5. The fourth-order valence-corrected chi connectivity index (χ4v) is 1.70. The lowest BCUT2D eigenvalue weighted by Crippen LogP contribution is -2.14. The summed E-state index contributed by atoms with van der Waals surface area (Å²) in [6.07, 6.45) is 0. The minimum Gasteiger partial charge on any atom is -0.507 e. The minimum absolute atomic E-state index is 0.0641. The Bertz CT molecular complexity index is 442. The van der Waals surface area contributed by atoms with Gasteiger partial charge in [-0.2, -0.15) is 0 Å². The third-order valence-corrected chi connectivity index (χ3v) is 3.03. The number of hydrogen-bond acceptors (Lipinski definition) is 2. The molecule has 0 aliphatic rings. The van der Waals surface area contributed by atoms with Gasteiger partial charge in [0.15, 0.2) is 0 Å². The first-order valence-corrected chi connectivity index (χ1v) is 5.71. The van der Waals surface area contributed by atoms with E-state index in [9.17, 15) is 9.90 Å². The molecule has 0 amide bonds. The Labute approximate surface area is 102 Å². The predicted octanol–water partition coefficient (Wildman–Crippen LogP) is 3.19. The summed E-state index contributed by atoms with van der Waals surface area (Å²) in [4.78, 5) is 11.0. The van der Waals surface area contributed by atoms with Gasteiger partial charge in [-0.05, 0) is 30.4 Å². The molecular weight excluding hydrogens is 216 g/mol. The molecule has 1 rings (SSSR count). The standard InChI is InChI=1S/C14H20O3/c1-8-6-10(14(3,4)5)7-11(12(8)15)9(2)13(16)17/h6-7,9,15H,1-5H3,(H,16,17). The van der Waals surface area contributed by atoms with Gasteiger partial charge < -0.3 is 10.2 Å². The highest BCUT2D eigenvalue weighted by Gasteiger charge is 2.23. The number of hydrogen-bond donors (Lipinski definition) is 2. The van der Waals surface area contributed by atoms with Crippen LogP contribution in [-0.2, 0) is 10.2 Å². The van der Waals surface area contributed by atoms with Crippen molar-refractivity contribution in [2.75, 3.05) is 0 Å². The molecule has 0 aliphatic heterocycles. The number of aliphatic carboxylic acids is 1. The smallest absolute Gasteiger partial charge is 0.310 e. The molecule has 1 unspecified atom stereocenters. The van der Waals surface area contributed by atoms with E-state index in [1.807, 2.05) is 6.07 Å². The van der Waals surface area contributed by atoms with E-state index in [0.717, 1.165) is 11.1 Å². The first-order valence-electron chi connectivity index (χ1n) is 5.71. The number of phenols is 1. The second-order valence-corrected chi connectivity index (χ2v) is 5.54. The number of benzene rings is 1. The van der Waals surface area contributed by atoms with Crippen molar-refractivity contribution in [3.63, 3.8) is 0 Å². The molecule has 3 heteroatoms. The highest BCUT2D eigenvalue weighted by atomic mass is 16.4. The van der Waals surface area contributed by atoms with Crippen LogP contribution in [0, 0.1) is 6.92 Å². The Morgan fingerprint density at radius 1 is 1.29 bits per heavy atom.